The van der Waals surface area contributed by atoms with E-state index in [0.29, 0.717) is 0 Å². The molecule has 1 saturated heterocycles. The normalized spacial score (nSPS) is 17.5. The molecule has 1 aliphatic heterocycles. The Balaban J connectivity index is 1.84. The van der Waals surface area contributed by atoms with Crippen molar-refractivity contribution < 1.29 is 4.92 Å². The number of hydrogen-bond acceptors (Lipinski definition) is 5. The van der Waals surface area contributed by atoms with Crippen LogP contribution in [0.4, 0.5) is 0 Å². The molecule has 0 amide bonds. The lowest BCUT2D eigenvalue weighted by atomic mass is 10.2. The summed E-state index contributed by atoms with van der Waals surface area (Å²) in [4.78, 5) is 14.0. The first-order valence-electron chi connectivity index (χ1n) is 6.27. The van der Waals surface area contributed by atoms with Gasteiger partial charge in [-0.1, -0.05) is 30.3 Å². The average molecular weight is 262 g/mol. The number of rotatable bonds is 4. The van der Waals surface area contributed by atoms with Crippen molar-refractivity contribution in [3.8, 4) is 0 Å². The maximum Gasteiger partial charge on any atom is 0.274 e. The molecule has 1 aliphatic rings. The molecule has 2 N–H and O–H groups in total. The topological polar surface area (TPSA) is 75.6 Å². The third-order valence-corrected chi connectivity index (χ3v) is 3.22. The van der Waals surface area contributed by atoms with Gasteiger partial charge in [-0.2, -0.15) is 0 Å². The fourth-order valence-corrected chi connectivity index (χ4v) is 2.20. The first-order valence-corrected chi connectivity index (χ1v) is 6.27. The first-order chi connectivity index (χ1) is 9.15. The van der Waals surface area contributed by atoms with Crippen LogP contribution in [-0.2, 0) is 6.54 Å². The van der Waals surface area contributed by atoms with Gasteiger partial charge in [0.25, 0.3) is 6.20 Å². The lowest BCUT2D eigenvalue weighted by Crippen LogP contribution is -2.46. The standard InChI is InChI=1S/C13H18N4O2/c14-13(11-17(18)19)16-8-6-15(7-9-16)10-12-4-2-1-3-5-12/h1-5,11H,6-10,14H2/b13-11+. The summed E-state index contributed by atoms with van der Waals surface area (Å²) in [5.41, 5.74) is 6.96. The largest absolute Gasteiger partial charge is 0.380 e. The van der Waals surface area contributed by atoms with Crippen molar-refractivity contribution in [2.75, 3.05) is 26.2 Å². The quantitative estimate of drug-likeness (QED) is 0.642. The molecule has 1 heterocycles. The van der Waals surface area contributed by atoms with E-state index in [0.717, 1.165) is 38.9 Å². The van der Waals surface area contributed by atoms with Crippen molar-refractivity contribution in [1.82, 2.24) is 9.80 Å². The third-order valence-electron chi connectivity index (χ3n) is 3.22. The predicted molar refractivity (Wildman–Crippen MR) is 72.6 cm³/mol. The van der Waals surface area contributed by atoms with E-state index in [1.54, 1.807) is 0 Å². The van der Waals surface area contributed by atoms with Gasteiger partial charge in [0.2, 0.25) is 0 Å². The molecule has 0 aliphatic carbocycles. The Morgan fingerprint density at radius 1 is 1.26 bits per heavy atom. The Morgan fingerprint density at radius 2 is 1.89 bits per heavy atom. The second-order valence-corrected chi connectivity index (χ2v) is 4.59. The molecule has 1 aromatic rings. The number of nitrogens with two attached hydrogens (primary N) is 1. The minimum Gasteiger partial charge on any atom is -0.380 e. The highest BCUT2D eigenvalue weighted by Crippen LogP contribution is 2.10. The van der Waals surface area contributed by atoms with Gasteiger partial charge < -0.3 is 10.6 Å². The molecule has 0 saturated carbocycles. The highest BCUT2D eigenvalue weighted by atomic mass is 16.6. The zero-order chi connectivity index (χ0) is 13.7. The van der Waals surface area contributed by atoms with Crippen LogP contribution in [-0.4, -0.2) is 40.9 Å². The zero-order valence-corrected chi connectivity index (χ0v) is 10.7. The summed E-state index contributed by atoms with van der Waals surface area (Å²) in [5, 5.41) is 10.4. The molecule has 2 rings (SSSR count). The molecule has 19 heavy (non-hydrogen) atoms. The van der Waals surface area contributed by atoms with E-state index in [4.69, 9.17) is 5.73 Å². The molecular formula is C13H18N4O2. The lowest BCUT2D eigenvalue weighted by molar-refractivity contribution is -0.404. The monoisotopic (exact) mass is 262 g/mol. The van der Waals surface area contributed by atoms with Crippen molar-refractivity contribution in [2.24, 2.45) is 5.73 Å². The van der Waals surface area contributed by atoms with Crippen molar-refractivity contribution >= 4 is 0 Å². The Labute approximate surface area is 112 Å². The van der Waals surface area contributed by atoms with E-state index in [2.05, 4.69) is 17.0 Å². The first kappa shape index (κ1) is 13.4. The van der Waals surface area contributed by atoms with Crippen LogP contribution < -0.4 is 5.73 Å². The minimum absolute atomic E-state index is 0.240. The molecule has 6 heteroatoms. The van der Waals surface area contributed by atoms with Gasteiger partial charge in [-0.15, -0.1) is 0 Å². The molecule has 0 spiro atoms. The molecule has 0 aromatic heterocycles. The second kappa shape index (κ2) is 6.19. The van der Waals surface area contributed by atoms with Gasteiger partial charge >= 0.3 is 0 Å². The fraction of sp³-hybridized carbons (Fsp3) is 0.385. The fourth-order valence-electron chi connectivity index (χ4n) is 2.20. The summed E-state index contributed by atoms with van der Waals surface area (Å²) in [6, 6.07) is 10.3. The van der Waals surface area contributed by atoms with Crippen LogP contribution in [0.25, 0.3) is 0 Å². The molecule has 0 atom stereocenters. The van der Waals surface area contributed by atoms with Crippen molar-refractivity contribution in [3.63, 3.8) is 0 Å². The summed E-state index contributed by atoms with van der Waals surface area (Å²) < 4.78 is 0. The Morgan fingerprint density at radius 3 is 2.47 bits per heavy atom. The molecule has 0 radical (unpaired) electrons. The molecule has 0 bridgehead atoms. The van der Waals surface area contributed by atoms with E-state index in [9.17, 15) is 10.1 Å². The van der Waals surface area contributed by atoms with Gasteiger partial charge in [-0.3, -0.25) is 15.0 Å². The Kier molecular flexibility index (Phi) is 4.35. The predicted octanol–water partition coefficient (Wildman–Crippen LogP) is 0.838. The summed E-state index contributed by atoms with van der Waals surface area (Å²) in [7, 11) is 0. The van der Waals surface area contributed by atoms with Gasteiger partial charge in [0, 0.05) is 32.7 Å². The van der Waals surface area contributed by atoms with E-state index in [1.165, 1.54) is 5.56 Å². The SMILES string of the molecule is N/C(=C\[N+](=O)[O-])N1CCN(Cc2ccccc2)CC1. The van der Waals surface area contributed by atoms with Crippen LogP contribution in [0.1, 0.15) is 5.56 Å². The second-order valence-electron chi connectivity index (χ2n) is 4.59. The van der Waals surface area contributed by atoms with E-state index < -0.39 is 4.92 Å². The average Bonchev–Trinajstić information content (AvgIpc) is 2.40. The van der Waals surface area contributed by atoms with Crippen LogP contribution in [0.3, 0.4) is 0 Å². The summed E-state index contributed by atoms with van der Waals surface area (Å²) >= 11 is 0. The molecule has 1 aromatic carbocycles. The maximum absolute atomic E-state index is 10.4. The molecule has 1 fully saturated rings. The summed E-state index contributed by atoms with van der Waals surface area (Å²) in [6.45, 7) is 4.09. The number of nitro groups is 1. The number of nitrogens with zero attached hydrogens (tertiary/aromatic N) is 3. The van der Waals surface area contributed by atoms with Crippen LogP contribution in [0.5, 0.6) is 0 Å². The van der Waals surface area contributed by atoms with Gasteiger partial charge in [0.15, 0.2) is 5.82 Å². The highest BCUT2D eigenvalue weighted by molar-refractivity contribution is 5.14. The van der Waals surface area contributed by atoms with Gasteiger partial charge in [-0.25, -0.2) is 0 Å². The number of hydrogen-bond donors (Lipinski definition) is 1. The van der Waals surface area contributed by atoms with Crippen LogP contribution >= 0.6 is 0 Å². The van der Waals surface area contributed by atoms with Gasteiger partial charge in [0.1, 0.15) is 0 Å². The molecular weight excluding hydrogens is 244 g/mol. The number of benzene rings is 1. The van der Waals surface area contributed by atoms with Gasteiger partial charge in [-0.05, 0) is 5.56 Å². The Hall–Kier alpha value is -2.08. The van der Waals surface area contributed by atoms with E-state index in [-0.39, 0.29) is 5.82 Å². The van der Waals surface area contributed by atoms with Gasteiger partial charge in [0.05, 0.1) is 4.92 Å². The van der Waals surface area contributed by atoms with Crippen molar-refractivity contribution in [1.29, 1.82) is 0 Å². The number of piperazine rings is 1. The van der Waals surface area contributed by atoms with E-state index >= 15 is 0 Å². The maximum atomic E-state index is 10.4. The molecule has 0 unspecified atom stereocenters. The van der Waals surface area contributed by atoms with Crippen LogP contribution in [0.2, 0.25) is 0 Å². The lowest BCUT2D eigenvalue weighted by Gasteiger charge is -2.35. The molecule has 6 nitrogen and oxygen atoms in total. The Bertz CT molecular complexity index is 453. The highest BCUT2D eigenvalue weighted by Gasteiger charge is 2.18. The van der Waals surface area contributed by atoms with Crippen LogP contribution in [0.15, 0.2) is 42.4 Å². The van der Waals surface area contributed by atoms with Crippen molar-refractivity contribution in [3.05, 3.63) is 58.0 Å². The zero-order valence-electron chi connectivity index (χ0n) is 10.7. The van der Waals surface area contributed by atoms with Crippen molar-refractivity contribution in [2.45, 2.75) is 6.54 Å². The minimum atomic E-state index is -0.508. The summed E-state index contributed by atoms with van der Waals surface area (Å²) in [6.07, 6.45) is 0.868. The third kappa shape index (κ3) is 3.96. The van der Waals surface area contributed by atoms with Crippen LogP contribution in [0, 0.1) is 10.1 Å². The smallest absolute Gasteiger partial charge is 0.274 e. The summed E-state index contributed by atoms with van der Waals surface area (Å²) in [5.74, 6) is 0.240. The molecule has 102 valence electrons. The van der Waals surface area contributed by atoms with E-state index in [1.807, 2.05) is 23.1 Å².